The van der Waals surface area contributed by atoms with Crippen LogP contribution in [0.5, 0.6) is 0 Å². The van der Waals surface area contributed by atoms with Gasteiger partial charge in [-0.1, -0.05) is 68.7 Å². The quantitative estimate of drug-likeness (QED) is 0.0450. The van der Waals surface area contributed by atoms with E-state index in [4.69, 9.17) is 5.73 Å². The predicted molar refractivity (Wildman–Crippen MR) is 307 cm³/mol. The molecule has 12 amide bonds. The van der Waals surface area contributed by atoms with Gasteiger partial charge >= 0.3 is 0 Å². The first-order chi connectivity index (χ1) is 37.8. The molecule has 0 saturated carbocycles. The minimum absolute atomic E-state index is 0.0620. The molecule has 12 N–H and O–H groups in total. The van der Waals surface area contributed by atoms with Crippen LogP contribution in [0.4, 0.5) is 0 Å². The molecule has 9 unspecified atom stereocenters. The van der Waals surface area contributed by atoms with E-state index in [-0.39, 0.29) is 69.0 Å². The molecule has 2 saturated heterocycles. The Bertz CT molecular complexity index is 2320. The second kappa shape index (κ2) is 30.8. The molecule has 82 heavy (non-hydrogen) atoms. The number of carbonyl (C=O) groups excluding carboxylic acids is 12. The maximum atomic E-state index is 14.5. The molecule has 2 aliphatic rings. The molecular formula is C57H100N12O13. The van der Waals surface area contributed by atoms with Gasteiger partial charge in [0.2, 0.25) is 70.9 Å². The first-order valence-electron chi connectivity index (χ1n) is 29.1. The maximum Gasteiger partial charge on any atom is 0.248 e. The molecule has 0 radical (unpaired) electrons. The first kappa shape index (κ1) is 71.7. The van der Waals surface area contributed by atoms with E-state index in [9.17, 15) is 62.6 Å². The summed E-state index contributed by atoms with van der Waals surface area (Å²) in [6.45, 7) is 28.0. The van der Waals surface area contributed by atoms with E-state index in [2.05, 4.69) is 47.9 Å². The lowest BCUT2D eigenvalue weighted by Gasteiger charge is -2.37. The van der Waals surface area contributed by atoms with Gasteiger partial charge in [-0.25, -0.2) is 0 Å². The van der Waals surface area contributed by atoms with Gasteiger partial charge in [-0.2, -0.15) is 0 Å². The highest BCUT2D eigenvalue weighted by atomic mass is 16.3. The molecule has 0 aromatic rings. The van der Waals surface area contributed by atoms with E-state index < -0.39 is 142 Å². The van der Waals surface area contributed by atoms with Gasteiger partial charge in [0.05, 0.1) is 19.1 Å². The third-order valence-electron chi connectivity index (χ3n) is 15.0. The third kappa shape index (κ3) is 20.8. The van der Waals surface area contributed by atoms with Crippen LogP contribution < -0.4 is 53.6 Å². The van der Waals surface area contributed by atoms with Crippen molar-refractivity contribution < 1.29 is 62.6 Å². The van der Waals surface area contributed by atoms with Crippen molar-refractivity contribution in [2.45, 2.75) is 246 Å². The Morgan fingerprint density at radius 3 is 1.43 bits per heavy atom. The van der Waals surface area contributed by atoms with Gasteiger partial charge in [-0.3, -0.25) is 57.5 Å². The summed E-state index contributed by atoms with van der Waals surface area (Å²) in [7, 11) is 0. The number of aliphatic hydroxyl groups excluding tert-OH is 1. The fourth-order valence-corrected chi connectivity index (χ4v) is 10.1. The SMILES string of the molecule is CCC(C)C(NC(=O)C(CC(C)C)NC(=O)C(CC(N)=O)NC(=O)C(C)(C)NC(C)=O)C(=O)NC(C)(C)C(=O)N1CCCC1C(=O)NC(C)(CC)C(=O)NC(CC(C)C)C(=O)NC(C)(C)C(=O)N1CCCC1C(=O)NC(CO)CC(C)C. The average Bonchev–Trinajstić information content (AvgIpc) is 4.21. The number of likely N-dealkylation sites (tertiary alicyclic amines) is 2. The number of hydrogen-bond acceptors (Lipinski definition) is 13. The topological polar surface area (TPSA) is 366 Å². The smallest absolute Gasteiger partial charge is 0.248 e. The Balaban J connectivity index is 2.29. The first-order valence-corrected chi connectivity index (χ1v) is 29.1. The van der Waals surface area contributed by atoms with Crippen molar-refractivity contribution in [2.75, 3.05) is 19.7 Å². The largest absolute Gasteiger partial charge is 0.394 e. The number of nitrogens with two attached hydrogens (primary N) is 1. The van der Waals surface area contributed by atoms with E-state index >= 15 is 0 Å². The van der Waals surface area contributed by atoms with Gasteiger partial charge < -0.3 is 68.5 Å². The number of primary amides is 1. The van der Waals surface area contributed by atoms with Crippen LogP contribution in [0.15, 0.2) is 0 Å². The number of carbonyl (C=O) groups is 12. The van der Waals surface area contributed by atoms with Crippen molar-refractivity contribution >= 4 is 70.9 Å². The molecule has 2 rings (SSSR count). The minimum atomic E-state index is -1.66. The summed E-state index contributed by atoms with van der Waals surface area (Å²) < 4.78 is 0. The van der Waals surface area contributed by atoms with E-state index in [1.807, 2.05) is 27.7 Å². The number of amides is 12. The van der Waals surface area contributed by atoms with Crippen molar-refractivity contribution in [2.24, 2.45) is 29.4 Å². The molecular weight excluding hydrogens is 1060 g/mol. The summed E-state index contributed by atoms with van der Waals surface area (Å²) in [6.07, 6.45) is 2.16. The van der Waals surface area contributed by atoms with Gasteiger partial charge in [0.15, 0.2) is 0 Å². The van der Waals surface area contributed by atoms with Gasteiger partial charge in [-0.05, 0) is 124 Å². The fraction of sp³-hybridized carbons (Fsp3) is 0.789. The molecule has 0 bridgehead atoms. The highest BCUT2D eigenvalue weighted by Gasteiger charge is 2.47. The van der Waals surface area contributed by atoms with Crippen LogP contribution in [0.1, 0.15) is 182 Å². The summed E-state index contributed by atoms with van der Waals surface area (Å²) in [5.41, 5.74) is -0.847. The van der Waals surface area contributed by atoms with Crippen molar-refractivity contribution in [1.82, 2.24) is 57.7 Å². The van der Waals surface area contributed by atoms with Crippen LogP contribution in [-0.2, 0) is 57.5 Å². The number of rotatable bonds is 31. The van der Waals surface area contributed by atoms with E-state index in [1.165, 1.54) is 65.2 Å². The Labute approximate surface area is 485 Å². The lowest BCUT2D eigenvalue weighted by Crippen LogP contribution is -2.66. The van der Waals surface area contributed by atoms with E-state index in [0.717, 1.165) is 0 Å². The van der Waals surface area contributed by atoms with Gasteiger partial charge in [0.1, 0.15) is 58.4 Å². The molecule has 0 spiro atoms. The molecule has 466 valence electrons. The number of nitrogens with one attached hydrogen (secondary N) is 9. The molecule has 25 nitrogen and oxygen atoms in total. The predicted octanol–water partition coefficient (Wildman–Crippen LogP) is 0.434. The number of hydrogen-bond donors (Lipinski definition) is 11. The number of aliphatic hydroxyl groups is 1. The van der Waals surface area contributed by atoms with Gasteiger partial charge in [0.25, 0.3) is 0 Å². The lowest BCUT2D eigenvalue weighted by atomic mass is 9.94. The third-order valence-corrected chi connectivity index (χ3v) is 15.0. The van der Waals surface area contributed by atoms with Gasteiger partial charge in [-0.15, -0.1) is 0 Å². The Morgan fingerprint density at radius 2 is 0.988 bits per heavy atom. The molecule has 2 heterocycles. The van der Waals surface area contributed by atoms with Gasteiger partial charge in [0, 0.05) is 20.0 Å². The van der Waals surface area contributed by atoms with Crippen molar-refractivity contribution in [1.29, 1.82) is 0 Å². The summed E-state index contributed by atoms with van der Waals surface area (Å²) in [4.78, 5) is 167. The summed E-state index contributed by atoms with van der Waals surface area (Å²) in [5.74, 6) is -8.83. The molecule has 0 aromatic carbocycles. The second-order valence-electron chi connectivity index (χ2n) is 25.5. The highest BCUT2D eigenvalue weighted by molar-refractivity contribution is 6.01. The van der Waals surface area contributed by atoms with Crippen LogP contribution >= 0.6 is 0 Å². The minimum Gasteiger partial charge on any atom is -0.394 e. The normalized spacial score (nSPS) is 18.6. The Morgan fingerprint density at radius 1 is 0.537 bits per heavy atom. The zero-order valence-corrected chi connectivity index (χ0v) is 51.9. The standard InChI is InChI=1S/C57H100N12O13/c1-18-34(9)43(63-45(74)37(27-32(5)6)60-44(73)39(29-42(58)72)61-50(79)54(11,12)64-35(10)71)49(78)66-56(15,16)53(82)69-25-21-23-41(69)48(77)67-57(17,19-2)51(80)62-38(28-33(7)8)46(75)65-55(13,14)52(81)68-24-20-22-40(68)47(76)59-36(30-70)26-31(3)4/h31-34,36-41,43,70H,18-30H2,1-17H3,(H2,58,72)(H,59,76)(H,60,73)(H,61,79)(H,62,80)(H,63,74)(H,64,71)(H,65,75)(H,66,78)(H,67,77). The summed E-state index contributed by atoms with van der Waals surface area (Å²) in [5, 5.41) is 34.2. The Kier molecular flexibility index (Phi) is 26.9. The zero-order valence-electron chi connectivity index (χ0n) is 51.9. The lowest BCUT2D eigenvalue weighted by molar-refractivity contribution is -0.146. The molecule has 2 aliphatic heterocycles. The highest BCUT2D eigenvalue weighted by Crippen LogP contribution is 2.26. The van der Waals surface area contributed by atoms with Crippen LogP contribution in [-0.4, -0.2) is 170 Å². The van der Waals surface area contributed by atoms with Crippen molar-refractivity contribution in [3.8, 4) is 0 Å². The zero-order chi connectivity index (χ0) is 63.0. The average molecular weight is 1160 g/mol. The fourth-order valence-electron chi connectivity index (χ4n) is 10.1. The summed E-state index contributed by atoms with van der Waals surface area (Å²) >= 11 is 0. The van der Waals surface area contributed by atoms with E-state index in [1.54, 1.807) is 34.6 Å². The van der Waals surface area contributed by atoms with Crippen LogP contribution in [0, 0.1) is 23.7 Å². The summed E-state index contributed by atoms with van der Waals surface area (Å²) in [6, 6.07) is -7.59. The van der Waals surface area contributed by atoms with Crippen LogP contribution in [0.2, 0.25) is 0 Å². The second-order valence-corrected chi connectivity index (χ2v) is 25.5. The monoisotopic (exact) mass is 1160 g/mol. The molecule has 25 heteroatoms. The number of nitrogens with zero attached hydrogens (tertiary/aromatic N) is 2. The van der Waals surface area contributed by atoms with Crippen LogP contribution in [0.25, 0.3) is 0 Å². The van der Waals surface area contributed by atoms with Crippen molar-refractivity contribution in [3.63, 3.8) is 0 Å². The van der Waals surface area contributed by atoms with Crippen molar-refractivity contribution in [3.05, 3.63) is 0 Å². The van der Waals surface area contributed by atoms with E-state index in [0.29, 0.717) is 32.1 Å². The maximum absolute atomic E-state index is 14.5. The molecule has 0 aromatic heterocycles. The Hall–Kier alpha value is -6.40. The molecule has 0 aliphatic carbocycles. The molecule has 9 atom stereocenters. The molecule has 2 fully saturated rings. The van der Waals surface area contributed by atoms with Crippen LogP contribution in [0.3, 0.4) is 0 Å².